The molecule has 7 heteroatoms. The van der Waals surface area contributed by atoms with E-state index < -0.39 is 5.91 Å². The number of nitrogens with one attached hydrogen (secondary N) is 3. The molecule has 0 saturated carbocycles. The van der Waals surface area contributed by atoms with Gasteiger partial charge in [-0.15, -0.1) is 0 Å². The predicted molar refractivity (Wildman–Crippen MR) is 118 cm³/mol. The molecule has 3 rings (SSSR count). The van der Waals surface area contributed by atoms with Crippen molar-refractivity contribution >= 4 is 45.9 Å². The Bertz CT molecular complexity index is 1070. The Morgan fingerprint density at radius 2 is 1.55 bits per heavy atom. The molecule has 0 atom stereocenters. The molecule has 0 heterocycles. The first kappa shape index (κ1) is 19.8. The van der Waals surface area contributed by atoms with Crippen LogP contribution in [0.4, 0.5) is 28.4 Å². The Morgan fingerprint density at radius 3 is 2.21 bits per heavy atom. The second-order valence-corrected chi connectivity index (χ2v) is 6.48. The average Bonchev–Trinajstić information content (AvgIpc) is 2.73. The van der Waals surface area contributed by atoms with Crippen molar-refractivity contribution in [1.29, 1.82) is 5.26 Å². The Hall–Kier alpha value is -3.95. The van der Waals surface area contributed by atoms with E-state index in [9.17, 15) is 10.1 Å². The first-order valence-corrected chi connectivity index (χ1v) is 9.08. The lowest BCUT2D eigenvalue weighted by Crippen LogP contribution is -2.14. The Morgan fingerprint density at radius 1 is 0.931 bits per heavy atom. The molecular weight excluding hydrogens is 386 g/mol. The fraction of sp³-hybridized carbons (Fsp3) is 0. The molecule has 0 unspecified atom stereocenters. The first-order chi connectivity index (χ1) is 14.0. The van der Waals surface area contributed by atoms with Gasteiger partial charge in [0.15, 0.2) is 0 Å². The molecule has 0 fully saturated rings. The molecule has 0 spiro atoms. The normalized spacial score (nSPS) is 10.7. The highest BCUT2D eigenvalue weighted by atomic mass is 35.5. The lowest BCUT2D eigenvalue weighted by Gasteiger charge is -2.08. The number of amides is 1. The monoisotopic (exact) mass is 403 g/mol. The summed E-state index contributed by atoms with van der Waals surface area (Å²) in [6.45, 7) is 0. The topological polar surface area (TPSA) is 103 Å². The molecule has 6 nitrogen and oxygen atoms in total. The molecule has 0 aliphatic rings. The van der Waals surface area contributed by atoms with E-state index in [0.29, 0.717) is 16.4 Å². The summed E-state index contributed by atoms with van der Waals surface area (Å²) in [6, 6.07) is 23.9. The summed E-state index contributed by atoms with van der Waals surface area (Å²) in [5, 5.41) is 18.5. The molecule has 0 aromatic heterocycles. The molecule has 0 radical (unpaired) electrons. The number of rotatable bonds is 6. The van der Waals surface area contributed by atoms with Gasteiger partial charge in [-0.05, 0) is 54.6 Å². The highest BCUT2D eigenvalue weighted by molar-refractivity contribution is 6.33. The van der Waals surface area contributed by atoms with Gasteiger partial charge in [0.2, 0.25) is 0 Å². The number of hydrogen-bond acceptors (Lipinski definition) is 5. The lowest BCUT2D eigenvalue weighted by molar-refractivity contribution is -0.112. The van der Waals surface area contributed by atoms with Crippen LogP contribution < -0.4 is 21.7 Å². The van der Waals surface area contributed by atoms with E-state index in [1.807, 2.05) is 60.7 Å². The maximum atomic E-state index is 12.3. The summed E-state index contributed by atoms with van der Waals surface area (Å²) >= 11 is 5.94. The third-order valence-electron chi connectivity index (χ3n) is 3.95. The van der Waals surface area contributed by atoms with Crippen LogP contribution in [0, 0.1) is 11.3 Å². The Balaban J connectivity index is 1.63. The van der Waals surface area contributed by atoms with Crippen LogP contribution in [0.25, 0.3) is 0 Å². The molecule has 0 aliphatic carbocycles. The van der Waals surface area contributed by atoms with Crippen molar-refractivity contribution in [3.05, 3.63) is 89.6 Å². The third-order valence-corrected chi connectivity index (χ3v) is 4.28. The maximum absolute atomic E-state index is 12.3. The van der Waals surface area contributed by atoms with Crippen LogP contribution in [-0.2, 0) is 4.79 Å². The molecule has 29 heavy (non-hydrogen) atoms. The average molecular weight is 404 g/mol. The van der Waals surface area contributed by atoms with E-state index in [4.69, 9.17) is 17.3 Å². The highest BCUT2D eigenvalue weighted by Crippen LogP contribution is 2.23. The zero-order chi connectivity index (χ0) is 20.6. The van der Waals surface area contributed by atoms with Crippen molar-refractivity contribution in [3.8, 4) is 6.07 Å². The molecule has 3 aromatic carbocycles. The summed E-state index contributed by atoms with van der Waals surface area (Å²) < 4.78 is 0. The number of carbonyl (C=O) groups excluding carboxylic acids is 1. The minimum atomic E-state index is -0.553. The second kappa shape index (κ2) is 9.31. The Kier molecular flexibility index (Phi) is 6.36. The molecule has 0 bridgehead atoms. The largest absolute Gasteiger partial charge is 0.398 e. The summed E-state index contributed by atoms with van der Waals surface area (Å²) in [5.41, 5.74) is 9.07. The van der Waals surface area contributed by atoms with E-state index in [1.54, 1.807) is 12.1 Å². The molecule has 0 saturated heterocycles. The SMILES string of the molecule is N#C/C(=C/Nc1ccc(Nc2ccccc2)cc1)C(=O)Nc1ccc(N)c(Cl)c1. The van der Waals surface area contributed by atoms with Crippen LogP contribution in [0.3, 0.4) is 0 Å². The maximum Gasteiger partial charge on any atom is 0.267 e. The summed E-state index contributed by atoms with van der Waals surface area (Å²) in [6.07, 6.45) is 1.36. The van der Waals surface area contributed by atoms with Gasteiger partial charge < -0.3 is 21.7 Å². The predicted octanol–water partition coefficient (Wildman–Crippen LogP) is 5.12. The highest BCUT2D eigenvalue weighted by Gasteiger charge is 2.10. The van der Waals surface area contributed by atoms with Gasteiger partial charge in [-0.1, -0.05) is 29.8 Å². The molecule has 1 amide bonds. The van der Waals surface area contributed by atoms with Crippen molar-refractivity contribution in [1.82, 2.24) is 0 Å². The van der Waals surface area contributed by atoms with E-state index in [1.165, 1.54) is 12.3 Å². The van der Waals surface area contributed by atoms with Crippen LogP contribution in [0.1, 0.15) is 0 Å². The number of nitrogens with zero attached hydrogens (tertiary/aromatic N) is 1. The van der Waals surface area contributed by atoms with Gasteiger partial charge in [0.25, 0.3) is 5.91 Å². The van der Waals surface area contributed by atoms with Gasteiger partial charge in [-0.3, -0.25) is 4.79 Å². The number of benzene rings is 3. The number of nitrogen functional groups attached to an aromatic ring is 1. The fourth-order valence-corrected chi connectivity index (χ4v) is 2.63. The van der Waals surface area contributed by atoms with E-state index in [0.717, 1.165) is 17.1 Å². The number of nitriles is 1. The van der Waals surface area contributed by atoms with Crippen LogP contribution in [0.5, 0.6) is 0 Å². The Labute approximate surface area is 173 Å². The standard InChI is InChI=1S/C22H18ClN5O/c23-20-12-19(10-11-21(20)25)28-22(29)15(13-24)14-26-16-6-8-18(9-7-16)27-17-4-2-1-3-5-17/h1-12,14,26-27H,25H2,(H,28,29)/b15-14-. The van der Waals surface area contributed by atoms with Crippen molar-refractivity contribution in [3.63, 3.8) is 0 Å². The van der Waals surface area contributed by atoms with Crippen molar-refractivity contribution < 1.29 is 4.79 Å². The van der Waals surface area contributed by atoms with Gasteiger partial charge in [-0.25, -0.2) is 0 Å². The first-order valence-electron chi connectivity index (χ1n) is 8.70. The van der Waals surface area contributed by atoms with Crippen LogP contribution in [-0.4, -0.2) is 5.91 Å². The van der Waals surface area contributed by atoms with Gasteiger partial charge >= 0.3 is 0 Å². The second-order valence-electron chi connectivity index (χ2n) is 6.07. The zero-order valence-electron chi connectivity index (χ0n) is 15.3. The van der Waals surface area contributed by atoms with E-state index in [2.05, 4.69) is 16.0 Å². The summed E-state index contributed by atoms with van der Waals surface area (Å²) in [5.74, 6) is -0.553. The minimum absolute atomic E-state index is 0.0792. The van der Waals surface area contributed by atoms with Crippen LogP contribution >= 0.6 is 11.6 Å². The third kappa shape index (κ3) is 5.51. The van der Waals surface area contributed by atoms with Gasteiger partial charge in [0.1, 0.15) is 11.6 Å². The number of carbonyl (C=O) groups is 1. The quantitative estimate of drug-likeness (QED) is 0.260. The number of halogens is 1. The number of anilines is 5. The van der Waals surface area contributed by atoms with Gasteiger partial charge in [0.05, 0.1) is 10.7 Å². The molecule has 5 N–H and O–H groups in total. The van der Waals surface area contributed by atoms with Crippen LogP contribution in [0.15, 0.2) is 84.6 Å². The summed E-state index contributed by atoms with van der Waals surface area (Å²) in [4.78, 5) is 12.3. The molecule has 144 valence electrons. The fourth-order valence-electron chi connectivity index (χ4n) is 2.45. The minimum Gasteiger partial charge on any atom is -0.398 e. The van der Waals surface area contributed by atoms with Crippen LogP contribution in [0.2, 0.25) is 5.02 Å². The van der Waals surface area contributed by atoms with Crippen molar-refractivity contribution in [2.75, 3.05) is 21.7 Å². The van der Waals surface area contributed by atoms with E-state index in [-0.39, 0.29) is 5.57 Å². The smallest absolute Gasteiger partial charge is 0.267 e. The molecule has 3 aromatic rings. The number of nitrogens with two attached hydrogens (primary N) is 1. The molecular formula is C22H18ClN5O. The van der Waals surface area contributed by atoms with Gasteiger partial charge in [-0.2, -0.15) is 5.26 Å². The molecule has 0 aliphatic heterocycles. The zero-order valence-corrected chi connectivity index (χ0v) is 16.1. The number of para-hydroxylation sites is 1. The van der Waals surface area contributed by atoms with Crippen molar-refractivity contribution in [2.45, 2.75) is 0 Å². The summed E-state index contributed by atoms with van der Waals surface area (Å²) in [7, 11) is 0. The van der Waals surface area contributed by atoms with Crippen molar-refractivity contribution in [2.24, 2.45) is 0 Å². The lowest BCUT2D eigenvalue weighted by atomic mass is 10.2. The van der Waals surface area contributed by atoms with Gasteiger partial charge in [0, 0.05) is 28.9 Å². The van der Waals surface area contributed by atoms with E-state index >= 15 is 0 Å². The number of hydrogen-bond donors (Lipinski definition) is 4.